The topological polar surface area (TPSA) is 115 Å². The van der Waals surface area contributed by atoms with Crippen molar-refractivity contribution in [3.05, 3.63) is 63.1 Å². The molecule has 0 atom stereocenters. The Morgan fingerprint density at radius 1 is 1.12 bits per heavy atom. The number of carbonyl (C=O) groups excluding carboxylic acids is 1. The Morgan fingerprint density at radius 3 is 2.73 bits per heavy atom. The van der Waals surface area contributed by atoms with Crippen molar-refractivity contribution in [1.29, 1.82) is 0 Å². The fraction of sp³-hybridized carbons (Fsp3) is 0.118. The number of pyridine rings is 1. The van der Waals surface area contributed by atoms with E-state index >= 15 is 0 Å². The van der Waals surface area contributed by atoms with Gasteiger partial charge in [-0.25, -0.2) is 9.78 Å². The number of H-pyrrole nitrogens is 1. The Kier molecular flexibility index (Phi) is 3.43. The van der Waals surface area contributed by atoms with Crippen molar-refractivity contribution in [2.75, 3.05) is 5.32 Å². The SMILES string of the molecule is Cn1c(=O)c2ccc(C(=O)Nc3ccc4[nH]ncc4c3)nc2n(C)c1=O. The summed E-state index contributed by atoms with van der Waals surface area (Å²) >= 11 is 0. The average Bonchev–Trinajstić information content (AvgIpc) is 3.12. The van der Waals surface area contributed by atoms with Crippen LogP contribution >= 0.6 is 0 Å². The van der Waals surface area contributed by atoms with E-state index in [9.17, 15) is 14.4 Å². The van der Waals surface area contributed by atoms with Crippen LogP contribution in [0.25, 0.3) is 21.9 Å². The maximum atomic E-state index is 12.5. The van der Waals surface area contributed by atoms with E-state index in [4.69, 9.17) is 0 Å². The molecule has 1 aromatic carbocycles. The molecule has 0 aliphatic rings. The number of aromatic amines is 1. The fourth-order valence-corrected chi connectivity index (χ4v) is 2.80. The van der Waals surface area contributed by atoms with E-state index in [1.54, 1.807) is 24.4 Å². The highest BCUT2D eigenvalue weighted by atomic mass is 16.2. The number of rotatable bonds is 2. The van der Waals surface area contributed by atoms with Gasteiger partial charge in [0.05, 0.1) is 17.1 Å². The molecule has 0 saturated heterocycles. The van der Waals surface area contributed by atoms with Crippen molar-refractivity contribution in [2.24, 2.45) is 14.1 Å². The summed E-state index contributed by atoms with van der Waals surface area (Å²) in [6.07, 6.45) is 1.66. The number of fused-ring (bicyclic) bond motifs is 2. The molecule has 0 radical (unpaired) electrons. The van der Waals surface area contributed by atoms with E-state index in [1.807, 2.05) is 0 Å². The molecule has 0 aliphatic carbocycles. The summed E-state index contributed by atoms with van der Waals surface area (Å²) in [5, 5.41) is 10.6. The molecule has 2 N–H and O–H groups in total. The monoisotopic (exact) mass is 350 g/mol. The summed E-state index contributed by atoms with van der Waals surface area (Å²) in [5.41, 5.74) is 0.761. The van der Waals surface area contributed by atoms with Crippen molar-refractivity contribution in [2.45, 2.75) is 0 Å². The van der Waals surface area contributed by atoms with Gasteiger partial charge in [0.2, 0.25) is 0 Å². The summed E-state index contributed by atoms with van der Waals surface area (Å²) in [6.45, 7) is 0. The molecule has 0 saturated carbocycles. The number of aromatic nitrogens is 5. The summed E-state index contributed by atoms with van der Waals surface area (Å²) < 4.78 is 2.24. The molecule has 0 bridgehead atoms. The number of benzene rings is 1. The van der Waals surface area contributed by atoms with E-state index in [2.05, 4.69) is 20.5 Å². The van der Waals surface area contributed by atoms with Crippen molar-refractivity contribution in [3.63, 3.8) is 0 Å². The van der Waals surface area contributed by atoms with Gasteiger partial charge in [0, 0.05) is 25.2 Å². The lowest BCUT2D eigenvalue weighted by atomic mass is 10.2. The molecule has 4 aromatic rings. The molecule has 9 nitrogen and oxygen atoms in total. The predicted octanol–water partition coefficient (Wildman–Crippen LogP) is 0.761. The van der Waals surface area contributed by atoms with Crippen LogP contribution in [0.1, 0.15) is 10.5 Å². The standard InChI is InChI=1S/C17H14N6O3/c1-22-14-11(16(25)23(2)17(22)26)4-6-13(20-14)15(24)19-10-3-5-12-9(7-10)8-18-21-12/h3-8H,1-2H3,(H,18,21)(H,19,24). The molecule has 0 spiro atoms. The number of hydrogen-bond acceptors (Lipinski definition) is 5. The molecule has 26 heavy (non-hydrogen) atoms. The van der Waals surface area contributed by atoms with Gasteiger partial charge in [0.1, 0.15) is 11.3 Å². The molecule has 3 aromatic heterocycles. The Balaban J connectivity index is 1.75. The molecular formula is C17H14N6O3. The zero-order valence-electron chi connectivity index (χ0n) is 14.0. The van der Waals surface area contributed by atoms with Gasteiger partial charge in [0.25, 0.3) is 11.5 Å². The first-order chi connectivity index (χ1) is 12.5. The maximum Gasteiger partial charge on any atom is 0.332 e. The predicted molar refractivity (Wildman–Crippen MR) is 96.3 cm³/mol. The first-order valence-corrected chi connectivity index (χ1v) is 7.77. The van der Waals surface area contributed by atoms with E-state index in [1.165, 1.54) is 30.8 Å². The van der Waals surface area contributed by atoms with E-state index in [-0.39, 0.29) is 16.7 Å². The second kappa shape index (κ2) is 5.66. The van der Waals surface area contributed by atoms with Crippen LogP contribution in [-0.4, -0.2) is 30.2 Å². The highest BCUT2D eigenvalue weighted by Crippen LogP contribution is 2.17. The van der Waals surface area contributed by atoms with Gasteiger partial charge in [-0.1, -0.05) is 0 Å². The molecule has 3 heterocycles. The van der Waals surface area contributed by atoms with Crippen LogP contribution in [0.4, 0.5) is 5.69 Å². The van der Waals surface area contributed by atoms with Crippen LogP contribution < -0.4 is 16.6 Å². The first-order valence-electron chi connectivity index (χ1n) is 7.77. The van der Waals surface area contributed by atoms with Crippen LogP contribution in [0.3, 0.4) is 0 Å². The summed E-state index contributed by atoms with van der Waals surface area (Å²) in [6, 6.07) is 8.28. The lowest BCUT2D eigenvalue weighted by molar-refractivity contribution is 0.102. The van der Waals surface area contributed by atoms with Gasteiger partial charge < -0.3 is 5.32 Å². The van der Waals surface area contributed by atoms with Crippen molar-refractivity contribution in [1.82, 2.24) is 24.3 Å². The Bertz CT molecular complexity index is 1300. The van der Waals surface area contributed by atoms with Crippen LogP contribution in [0.15, 0.2) is 46.1 Å². The molecule has 0 fully saturated rings. The van der Waals surface area contributed by atoms with Gasteiger partial charge in [-0.05, 0) is 30.3 Å². The molecule has 130 valence electrons. The number of aryl methyl sites for hydroxylation is 1. The highest BCUT2D eigenvalue weighted by Gasteiger charge is 2.14. The van der Waals surface area contributed by atoms with Crippen molar-refractivity contribution in [3.8, 4) is 0 Å². The van der Waals surface area contributed by atoms with Gasteiger partial charge in [0.15, 0.2) is 0 Å². The number of amides is 1. The van der Waals surface area contributed by atoms with Crippen LogP contribution in [-0.2, 0) is 14.1 Å². The summed E-state index contributed by atoms with van der Waals surface area (Å²) in [5.74, 6) is -0.442. The molecule has 4 rings (SSSR count). The van der Waals surface area contributed by atoms with Gasteiger partial charge in [-0.15, -0.1) is 0 Å². The minimum atomic E-state index is -0.502. The maximum absolute atomic E-state index is 12.5. The van der Waals surface area contributed by atoms with E-state index in [0.717, 1.165) is 15.5 Å². The minimum Gasteiger partial charge on any atom is -0.321 e. The Morgan fingerprint density at radius 2 is 1.92 bits per heavy atom. The third-order valence-corrected chi connectivity index (χ3v) is 4.23. The minimum absolute atomic E-state index is 0.105. The third kappa shape index (κ3) is 2.37. The second-order valence-electron chi connectivity index (χ2n) is 5.90. The zero-order valence-corrected chi connectivity index (χ0v) is 14.0. The molecule has 0 aliphatic heterocycles. The number of nitrogens with one attached hydrogen (secondary N) is 2. The normalized spacial score (nSPS) is 11.2. The van der Waals surface area contributed by atoms with Crippen molar-refractivity contribution < 1.29 is 4.79 Å². The Hall–Kier alpha value is -3.75. The lowest BCUT2D eigenvalue weighted by Crippen LogP contribution is -2.37. The number of anilines is 1. The van der Waals surface area contributed by atoms with E-state index in [0.29, 0.717) is 5.69 Å². The highest BCUT2D eigenvalue weighted by molar-refractivity contribution is 6.04. The van der Waals surface area contributed by atoms with Crippen LogP contribution in [0, 0.1) is 0 Å². The summed E-state index contributed by atoms with van der Waals surface area (Å²) in [4.78, 5) is 40.9. The third-order valence-electron chi connectivity index (χ3n) is 4.23. The fourth-order valence-electron chi connectivity index (χ4n) is 2.80. The smallest absolute Gasteiger partial charge is 0.321 e. The number of nitrogens with zero attached hydrogens (tertiary/aromatic N) is 4. The Labute approximate surface area is 145 Å². The second-order valence-corrected chi connectivity index (χ2v) is 5.90. The first kappa shape index (κ1) is 15.8. The van der Waals surface area contributed by atoms with Gasteiger partial charge in [-0.2, -0.15) is 5.10 Å². The average molecular weight is 350 g/mol. The van der Waals surface area contributed by atoms with Crippen LogP contribution in [0.2, 0.25) is 0 Å². The van der Waals surface area contributed by atoms with E-state index < -0.39 is 17.2 Å². The van der Waals surface area contributed by atoms with Gasteiger partial charge >= 0.3 is 5.69 Å². The molecule has 0 unspecified atom stereocenters. The number of carbonyl (C=O) groups is 1. The largest absolute Gasteiger partial charge is 0.332 e. The zero-order chi connectivity index (χ0) is 18.4. The van der Waals surface area contributed by atoms with Crippen LogP contribution in [0.5, 0.6) is 0 Å². The van der Waals surface area contributed by atoms with Crippen molar-refractivity contribution >= 4 is 33.5 Å². The quantitative estimate of drug-likeness (QED) is 0.554. The molecular weight excluding hydrogens is 336 g/mol. The summed E-state index contributed by atoms with van der Waals surface area (Å²) in [7, 11) is 2.91. The molecule has 1 amide bonds. The lowest BCUT2D eigenvalue weighted by Gasteiger charge is -2.09. The number of hydrogen-bond donors (Lipinski definition) is 2. The van der Waals surface area contributed by atoms with Gasteiger partial charge in [-0.3, -0.25) is 23.8 Å². The molecule has 9 heteroatoms.